The number of methoxy groups -OCH3 is 1. The van der Waals surface area contributed by atoms with Crippen molar-refractivity contribution in [2.75, 3.05) is 32.1 Å². The van der Waals surface area contributed by atoms with Crippen molar-refractivity contribution in [3.8, 4) is 0 Å². The molecule has 0 saturated heterocycles. The fourth-order valence-corrected chi connectivity index (χ4v) is 1.23. The SMILES string of the molecule is C=CCNc1ccc(C(=O)NCCCOC)nn1. The summed E-state index contributed by atoms with van der Waals surface area (Å²) in [6.07, 6.45) is 2.49. The lowest BCUT2D eigenvalue weighted by Crippen LogP contribution is -2.26. The summed E-state index contributed by atoms with van der Waals surface area (Å²) in [6, 6.07) is 3.34. The maximum Gasteiger partial charge on any atom is 0.271 e. The Bertz CT molecular complexity index is 378. The molecule has 0 aromatic carbocycles. The van der Waals surface area contributed by atoms with Gasteiger partial charge in [0, 0.05) is 26.8 Å². The van der Waals surface area contributed by atoms with E-state index in [0.717, 1.165) is 6.42 Å². The molecule has 0 unspecified atom stereocenters. The van der Waals surface area contributed by atoms with Crippen molar-refractivity contribution >= 4 is 11.7 Å². The Morgan fingerprint density at radius 3 is 2.94 bits per heavy atom. The van der Waals surface area contributed by atoms with Crippen LogP contribution in [0.4, 0.5) is 5.82 Å². The van der Waals surface area contributed by atoms with E-state index < -0.39 is 0 Å². The molecule has 98 valence electrons. The molecule has 0 radical (unpaired) electrons. The minimum Gasteiger partial charge on any atom is -0.385 e. The van der Waals surface area contributed by atoms with E-state index in [1.54, 1.807) is 25.3 Å². The number of nitrogens with one attached hydrogen (secondary N) is 2. The summed E-state index contributed by atoms with van der Waals surface area (Å²) >= 11 is 0. The zero-order valence-electron chi connectivity index (χ0n) is 10.5. The number of nitrogens with zero attached hydrogens (tertiary/aromatic N) is 2. The number of rotatable bonds is 8. The molecule has 18 heavy (non-hydrogen) atoms. The Kier molecular flexibility index (Phi) is 6.42. The number of amides is 1. The topological polar surface area (TPSA) is 76.1 Å². The maximum absolute atomic E-state index is 11.6. The summed E-state index contributed by atoms with van der Waals surface area (Å²) < 4.78 is 4.89. The molecule has 6 heteroatoms. The monoisotopic (exact) mass is 250 g/mol. The fraction of sp³-hybridized carbons (Fsp3) is 0.417. The zero-order valence-corrected chi connectivity index (χ0v) is 10.5. The molecular weight excluding hydrogens is 232 g/mol. The van der Waals surface area contributed by atoms with Crippen molar-refractivity contribution in [1.82, 2.24) is 15.5 Å². The van der Waals surface area contributed by atoms with Crippen molar-refractivity contribution in [2.24, 2.45) is 0 Å². The van der Waals surface area contributed by atoms with Crippen LogP contribution in [0.2, 0.25) is 0 Å². The second kappa shape index (κ2) is 8.19. The molecule has 1 heterocycles. The minimum atomic E-state index is -0.228. The van der Waals surface area contributed by atoms with E-state index in [1.165, 1.54) is 0 Å². The van der Waals surface area contributed by atoms with Crippen LogP contribution in [0.3, 0.4) is 0 Å². The number of ether oxygens (including phenoxy) is 1. The van der Waals surface area contributed by atoms with Gasteiger partial charge >= 0.3 is 0 Å². The Morgan fingerprint density at radius 2 is 2.33 bits per heavy atom. The van der Waals surface area contributed by atoms with Crippen LogP contribution < -0.4 is 10.6 Å². The minimum absolute atomic E-state index is 0.228. The predicted octanol–water partition coefficient (Wildman–Crippen LogP) is 0.841. The second-order valence-corrected chi connectivity index (χ2v) is 3.58. The van der Waals surface area contributed by atoms with E-state index in [1.807, 2.05) is 0 Å². The van der Waals surface area contributed by atoms with Gasteiger partial charge in [-0.3, -0.25) is 4.79 Å². The first-order valence-electron chi connectivity index (χ1n) is 5.73. The Labute approximate surface area is 106 Å². The molecule has 1 aromatic rings. The molecule has 6 nitrogen and oxygen atoms in total. The van der Waals surface area contributed by atoms with Crippen molar-refractivity contribution in [2.45, 2.75) is 6.42 Å². The van der Waals surface area contributed by atoms with Crippen LogP contribution >= 0.6 is 0 Å². The number of carbonyl (C=O) groups excluding carboxylic acids is 1. The first kappa shape index (κ1) is 14.1. The summed E-state index contributed by atoms with van der Waals surface area (Å²) in [5.41, 5.74) is 0.302. The maximum atomic E-state index is 11.6. The van der Waals surface area contributed by atoms with Crippen LogP contribution in [0.5, 0.6) is 0 Å². The lowest BCUT2D eigenvalue weighted by atomic mass is 10.3. The van der Waals surface area contributed by atoms with Crippen molar-refractivity contribution < 1.29 is 9.53 Å². The smallest absolute Gasteiger partial charge is 0.271 e. The second-order valence-electron chi connectivity index (χ2n) is 3.58. The lowest BCUT2D eigenvalue weighted by Gasteiger charge is -2.05. The summed E-state index contributed by atoms with van der Waals surface area (Å²) in [7, 11) is 1.63. The number of carbonyl (C=O) groups is 1. The van der Waals surface area contributed by atoms with E-state index >= 15 is 0 Å². The number of hydrogen-bond acceptors (Lipinski definition) is 5. The van der Waals surface area contributed by atoms with Gasteiger partial charge in [0.15, 0.2) is 5.69 Å². The molecule has 0 aliphatic rings. The molecule has 0 atom stereocenters. The van der Waals surface area contributed by atoms with Crippen LogP contribution in [0.25, 0.3) is 0 Å². The van der Waals surface area contributed by atoms with Crippen molar-refractivity contribution in [1.29, 1.82) is 0 Å². The van der Waals surface area contributed by atoms with E-state index in [0.29, 0.717) is 31.2 Å². The number of hydrogen-bond donors (Lipinski definition) is 2. The number of aromatic nitrogens is 2. The van der Waals surface area contributed by atoms with Crippen LogP contribution in [-0.2, 0) is 4.74 Å². The Hall–Kier alpha value is -1.95. The van der Waals surface area contributed by atoms with Gasteiger partial charge < -0.3 is 15.4 Å². The number of anilines is 1. The molecule has 1 aromatic heterocycles. The van der Waals surface area contributed by atoms with Crippen LogP contribution in [0, 0.1) is 0 Å². The standard InChI is InChI=1S/C12H18N4O2/c1-3-7-13-11-6-5-10(15-16-11)12(17)14-8-4-9-18-2/h3,5-6H,1,4,7-9H2,2H3,(H,13,16)(H,14,17). The van der Waals surface area contributed by atoms with Crippen LogP contribution in [0.1, 0.15) is 16.9 Å². The van der Waals surface area contributed by atoms with E-state index in [4.69, 9.17) is 4.74 Å². The average molecular weight is 250 g/mol. The lowest BCUT2D eigenvalue weighted by molar-refractivity contribution is 0.0942. The predicted molar refractivity (Wildman–Crippen MR) is 69.5 cm³/mol. The van der Waals surface area contributed by atoms with Crippen molar-refractivity contribution in [3.05, 3.63) is 30.5 Å². The fourth-order valence-electron chi connectivity index (χ4n) is 1.23. The Balaban J connectivity index is 2.41. The highest BCUT2D eigenvalue weighted by molar-refractivity contribution is 5.92. The molecule has 0 spiro atoms. The van der Waals surface area contributed by atoms with Gasteiger partial charge in [-0.1, -0.05) is 6.08 Å². The van der Waals surface area contributed by atoms with E-state index in [2.05, 4.69) is 27.4 Å². The summed E-state index contributed by atoms with van der Waals surface area (Å²) in [6.45, 7) is 5.38. The van der Waals surface area contributed by atoms with Gasteiger partial charge in [0.05, 0.1) is 0 Å². The van der Waals surface area contributed by atoms with Gasteiger partial charge in [0.2, 0.25) is 0 Å². The van der Waals surface area contributed by atoms with Crippen LogP contribution in [0.15, 0.2) is 24.8 Å². The quantitative estimate of drug-likeness (QED) is 0.528. The van der Waals surface area contributed by atoms with Gasteiger partial charge in [-0.2, -0.15) is 0 Å². The van der Waals surface area contributed by atoms with Gasteiger partial charge in [0.1, 0.15) is 5.82 Å². The van der Waals surface area contributed by atoms with E-state index in [9.17, 15) is 4.79 Å². The highest BCUT2D eigenvalue weighted by Crippen LogP contribution is 2.01. The van der Waals surface area contributed by atoms with Gasteiger partial charge in [-0.25, -0.2) is 0 Å². The van der Waals surface area contributed by atoms with Crippen LogP contribution in [-0.4, -0.2) is 42.9 Å². The Morgan fingerprint density at radius 1 is 1.50 bits per heavy atom. The van der Waals surface area contributed by atoms with E-state index in [-0.39, 0.29) is 5.91 Å². The first-order valence-corrected chi connectivity index (χ1v) is 5.73. The normalized spacial score (nSPS) is 9.83. The summed E-state index contributed by atoms with van der Waals surface area (Å²) in [4.78, 5) is 11.6. The summed E-state index contributed by atoms with van der Waals surface area (Å²) in [5, 5.41) is 13.4. The largest absolute Gasteiger partial charge is 0.385 e. The molecule has 1 amide bonds. The molecule has 0 fully saturated rings. The third-order valence-corrected chi connectivity index (χ3v) is 2.14. The van der Waals surface area contributed by atoms with Crippen molar-refractivity contribution in [3.63, 3.8) is 0 Å². The highest BCUT2D eigenvalue weighted by Gasteiger charge is 2.06. The molecular formula is C12H18N4O2. The zero-order chi connectivity index (χ0) is 13.2. The molecule has 2 N–H and O–H groups in total. The average Bonchev–Trinajstić information content (AvgIpc) is 2.41. The highest BCUT2D eigenvalue weighted by atomic mass is 16.5. The third kappa shape index (κ3) is 4.92. The molecule has 0 bridgehead atoms. The first-order chi connectivity index (χ1) is 8.77. The molecule has 0 saturated carbocycles. The van der Waals surface area contributed by atoms with Gasteiger partial charge in [-0.05, 0) is 18.6 Å². The summed E-state index contributed by atoms with van der Waals surface area (Å²) in [5.74, 6) is 0.389. The third-order valence-electron chi connectivity index (χ3n) is 2.14. The molecule has 0 aliphatic carbocycles. The van der Waals surface area contributed by atoms with Gasteiger partial charge in [-0.15, -0.1) is 16.8 Å². The molecule has 1 rings (SSSR count). The van der Waals surface area contributed by atoms with Gasteiger partial charge in [0.25, 0.3) is 5.91 Å². The molecule has 0 aliphatic heterocycles.